The fourth-order valence-electron chi connectivity index (χ4n) is 3.24. The molecule has 1 aliphatic heterocycles. The van der Waals surface area contributed by atoms with Crippen LogP contribution in [0.2, 0.25) is 5.02 Å². The Hall–Kier alpha value is -3.66. The molecule has 0 saturated carbocycles. The first-order valence-electron chi connectivity index (χ1n) is 9.44. The van der Waals surface area contributed by atoms with E-state index in [1.807, 2.05) is 0 Å². The van der Waals surface area contributed by atoms with Crippen LogP contribution in [0.1, 0.15) is 17.5 Å². The molecule has 1 aliphatic rings. The van der Waals surface area contributed by atoms with E-state index in [1.165, 1.54) is 18.1 Å². The van der Waals surface area contributed by atoms with Crippen LogP contribution in [0.5, 0.6) is 5.75 Å². The highest BCUT2D eigenvalue weighted by molar-refractivity contribution is 6.33. The molecule has 0 bridgehead atoms. The predicted molar refractivity (Wildman–Crippen MR) is 111 cm³/mol. The smallest absolute Gasteiger partial charge is 0.289 e. The van der Waals surface area contributed by atoms with Gasteiger partial charge in [0.25, 0.3) is 11.8 Å². The van der Waals surface area contributed by atoms with E-state index < -0.39 is 35.6 Å². The number of carbonyl (C=O) groups is 2. The number of fused-ring (bicyclic) bond motifs is 1. The molecule has 4 rings (SSSR count). The summed E-state index contributed by atoms with van der Waals surface area (Å²) >= 11 is 6.07. The van der Waals surface area contributed by atoms with Crippen LogP contribution in [0.4, 0.5) is 14.6 Å². The van der Waals surface area contributed by atoms with Gasteiger partial charge in [-0.15, -0.1) is 0 Å². The van der Waals surface area contributed by atoms with Crippen LogP contribution in [0.3, 0.4) is 0 Å². The van der Waals surface area contributed by atoms with Crippen LogP contribution >= 0.6 is 11.6 Å². The summed E-state index contributed by atoms with van der Waals surface area (Å²) in [6.07, 6.45) is 1.91. The molecule has 32 heavy (non-hydrogen) atoms. The summed E-state index contributed by atoms with van der Waals surface area (Å²) in [5.41, 5.74) is -0.189. The number of aromatic nitrogens is 3. The van der Waals surface area contributed by atoms with Gasteiger partial charge in [-0.25, -0.2) is 23.7 Å². The summed E-state index contributed by atoms with van der Waals surface area (Å²) in [5, 5.41) is 2.53. The van der Waals surface area contributed by atoms with Gasteiger partial charge in [-0.2, -0.15) is 0 Å². The third-order valence-corrected chi connectivity index (χ3v) is 5.14. The molecule has 2 unspecified atom stereocenters. The van der Waals surface area contributed by atoms with Crippen molar-refractivity contribution in [2.24, 2.45) is 0 Å². The molecule has 164 valence electrons. The molecular weight excluding hydrogens is 444 g/mol. The number of likely N-dealkylation sites (N-methyl/N-ethyl adjacent to an activating group) is 1. The van der Waals surface area contributed by atoms with Gasteiger partial charge in [0, 0.05) is 24.9 Å². The first-order valence-corrected chi connectivity index (χ1v) is 9.82. The number of pyridine rings is 1. The Morgan fingerprint density at radius 2 is 2.03 bits per heavy atom. The maximum atomic E-state index is 14.2. The monoisotopic (exact) mass is 459 g/mol. The lowest BCUT2D eigenvalue weighted by Gasteiger charge is -2.23. The fourth-order valence-corrected chi connectivity index (χ4v) is 3.43. The lowest BCUT2D eigenvalue weighted by molar-refractivity contribution is -0.121. The molecule has 8 nitrogen and oxygen atoms in total. The van der Waals surface area contributed by atoms with Crippen LogP contribution in [0, 0.1) is 11.6 Å². The van der Waals surface area contributed by atoms with Crippen molar-refractivity contribution in [1.29, 1.82) is 0 Å². The minimum Gasteiger partial charge on any atom is -0.484 e. The third-order valence-electron chi connectivity index (χ3n) is 4.87. The largest absolute Gasteiger partial charge is 0.484 e. The molecule has 2 atom stereocenters. The van der Waals surface area contributed by atoms with Gasteiger partial charge in [0.15, 0.2) is 11.6 Å². The predicted octanol–water partition coefficient (Wildman–Crippen LogP) is 3.01. The molecule has 1 aromatic carbocycles. The van der Waals surface area contributed by atoms with Crippen molar-refractivity contribution in [2.45, 2.75) is 19.1 Å². The molecule has 0 saturated heterocycles. The molecule has 1 N–H and O–H groups in total. The molecule has 11 heteroatoms. The molecule has 0 aliphatic carbocycles. The maximum Gasteiger partial charge on any atom is 0.289 e. The summed E-state index contributed by atoms with van der Waals surface area (Å²) < 4.78 is 33.3. The Balaban J connectivity index is 1.62. The van der Waals surface area contributed by atoms with E-state index >= 15 is 0 Å². The number of nitrogens with one attached hydrogen (secondary N) is 1. The number of anilines is 1. The minimum absolute atomic E-state index is 0.0319. The average molecular weight is 460 g/mol. The Morgan fingerprint density at radius 3 is 2.78 bits per heavy atom. The van der Waals surface area contributed by atoms with Crippen molar-refractivity contribution < 1.29 is 23.1 Å². The fraction of sp³-hybridized carbons (Fsp3) is 0.190. The van der Waals surface area contributed by atoms with Crippen molar-refractivity contribution in [3.8, 4) is 17.0 Å². The highest BCUT2D eigenvalue weighted by atomic mass is 35.5. The molecular formula is C21H16ClF2N5O3. The van der Waals surface area contributed by atoms with Crippen LogP contribution in [0.15, 0.2) is 42.7 Å². The van der Waals surface area contributed by atoms with Crippen molar-refractivity contribution in [1.82, 2.24) is 20.3 Å². The second kappa shape index (κ2) is 8.46. The standard InChI is InChI=1S/C21H16ClF2N5O3/c1-10-16(21(31)29(2)19-15(32-10)4-3-7-25-19)28-20(30)18-26-9-13(22)17(27-18)12-6-5-11(23)8-14(12)24/h3-10,16H,1-2H3,(H,28,30). The molecule has 3 aromatic rings. The third kappa shape index (κ3) is 3.96. The zero-order valence-electron chi connectivity index (χ0n) is 16.8. The lowest BCUT2D eigenvalue weighted by Crippen LogP contribution is -2.53. The van der Waals surface area contributed by atoms with E-state index in [0.29, 0.717) is 17.6 Å². The van der Waals surface area contributed by atoms with Gasteiger partial charge < -0.3 is 10.1 Å². The Morgan fingerprint density at radius 1 is 1.25 bits per heavy atom. The van der Waals surface area contributed by atoms with E-state index in [9.17, 15) is 18.4 Å². The van der Waals surface area contributed by atoms with Gasteiger partial charge in [0.05, 0.1) is 16.9 Å². The lowest BCUT2D eigenvalue weighted by atomic mass is 10.1. The number of carbonyl (C=O) groups excluding carboxylic acids is 2. The quantitative estimate of drug-likeness (QED) is 0.646. The highest BCUT2D eigenvalue weighted by Gasteiger charge is 2.37. The number of hydrogen-bond acceptors (Lipinski definition) is 6. The van der Waals surface area contributed by atoms with Crippen LogP contribution in [-0.2, 0) is 4.79 Å². The van der Waals surface area contributed by atoms with Crippen molar-refractivity contribution in [3.05, 3.63) is 65.2 Å². The first-order chi connectivity index (χ1) is 15.3. The van der Waals surface area contributed by atoms with Gasteiger partial charge >= 0.3 is 0 Å². The number of benzene rings is 1. The van der Waals surface area contributed by atoms with Crippen molar-refractivity contribution in [2.75, 3.05) is 11.9 Å². The van der Waals surface area contributed by atoms with Crippen LogP contribution in [-0.4, -0.2) is 46.0 Å². The summed E-state index contributed by atoms with van der Waals surface area (Å²) in [6.45, 7) is 1.63. The van der Waals surface area contributed by atoms with E-state index in [4.69, 9.17) is 16.3 Å². The second-order valence-corrected chi connectivity index (χ2v) is 7.42. The molecule has 2 amide bonds. The first kappa shape index (κ1) is 21.6. The second-order valence-electron chi connectivity index (χ2n) is 7.01. The normalized spacial score (nSPS) is 17.9. The summed E-state index contributed by atoms with van der Waals surface area (Å²) in [4.78, 5) is 39.2. The van der Waals surface area contributed by atoms with Gasteiger partial charge in [0.1, 0.15) is 23.8 Å². The number of hydrogen-bond donors (Lipinski definition) is 1. The SMILES string of the molecule is CC1Oc2cccnc2N(C)C(=O)C1NC(=O)c1ncc(Cl)c(-c2ccc(F)cc2F)n1. The number of nitrogens with zero attached hydrogens (tertiary/aromatic N) is 4. The number of rotatable bonds is 3. The maximum absolute atomic E-state index is 14.2. The van der Waals surface area contributed by atoms with Gasteiger partial charge in [0.2, 0.25) is 5.82 Å². The van der Waals surface area contributed by atoms with E-state index in [1.54, 1.807) is 19.1 Å². The van der Waals surface area contributed by atoms with Crippen molar-refractivity contribution in [3.63, 3.8) is 0 Å². The van der Waals surface area contributed by atoms with Gasteiger partial charge in [-0.1, -0.05) is 11.6 Å². The number of amides is 2. The zero-order valence-corrected chi connectivity index (χ0v) is 17.6. The average Bonchev–Trinajstić information content (AvgIpc) is 2.85. The Bertz CT molecular complexity index is 1230. The minimum atomic E-state index is -1.08. The van der Waals surface area contributed by atoms with Crippen LogP contribution < -0.4 is 15.0 Å². The summed E-state index contributed by atoms with van der Waals surface area (Å²) in [5.74, 6) is -2.56. The van der Waals surface area contributed by atoms with E-state index in [0.717, 1.165) is 18.3 Å². The van der Waals surface area contributed by atoms with Gasteiger partial charge in [-0.3, -0.25) is 14.5 Å². The highest BCUT2D eigenvalue weighted by Crippen LogP contribution is 2.30. The molecule has 0 spiro atoms. The molecule has 3 heterocycles. The van der Waals surface area contributed by atoms with E-state index in [-0.39, 0.29) is 22.1 Å². The Labute approximate surface area is 186 Å². The number of ether oxygens (including phenoxy) is 1. The van der Waals surface area contributed by atoms with E-state index in [2.05, 4.69) is 20.3 Å². The molecule has 0 fully saturated rings. The molecule has 0 radical (unpaired) electrons. The topological polar surface area (TPSA) is 97.3 Å². The zero-order chi connectivity index (χ0) is 23.0. The van der Waals surface area contributed by atoms with Crippen molar-refractivity contribution >= 4 is 29.2 Å². The Kier molecular flexibility index (Phi) is 5.70. The summed E-state index contributed by atoms with van der Waals surface area (Å²) in [6, 6.07) is 5.13. The number of halogens is 3. The molecule has 2 aromatic heterocycles. The summed E-state index contributed by atoms with van der Waals surface area (Å²) in [7, 11) is 1.52. The van der Waals surface area contributed by atoms with Crippen LogP contribution in [0.25, 0.3) is 11.3 Å². The van der Waals surface area contributed by atoms with Gasteiger partial charge in [-0.05, 0) is 31.2 Å².